The molecule has 1 fully saturated rings. The number of hydrogen-bond donors (Lipinski definition) is 2. The molecule has 1 aliphatic rings. The van der Waals surface area contributed by atoms with Gasteiger partial charge in [0.05, 0.1) is 28.8 Å². The van der Waals surface area contributed by atoms with Gasteiger partial charge in [-0.2, -0.15) is 0 Å². The average Bonchev–Trinajstić information content (AvgIpc) is 3.68. The highest BCUT2D eigenvalue weighted by molar-refractivity contribution is 7.22. The van der Waals surface area contributed by atoms with E-state index in [1.165, 1.54) is 43.0 Å². The van der Waals surface area contributed by atoms with Crippen LogP contribution in [0.15, 0.2) is 97.5 Å². The summed E-state index contributed by atoms with van der Waals surface area (Å²) in [5.41, 5.74) is 4.47. The second kappa shape index (κ2) is 19.3. The topological polar surface area (TPSA) is 152 Å². The second-order valence-electron chi connectivity index (χ2n) is 15.0. The van der Waals surface area contributed by atoms with Crippen LogP contribution in [0.3, 0.4) is 0 Å². The van der Waals surface area contributed by atoms with Crippen molar-refractivity contribution >= 4 is 39.1 Å². The minimum atomic E-state index is -1.40. The minimum Gasteiger partial charge on any atom is -0.504 e. The SMILES string of the molecule is COc1c(O)cccc1-c1nccc(COc2ccccc2C[C@@H](Oc2ncnc3sc(-c4ccc(F)cc4)c(-c4ccc(OCCN5CCN(C)CC5)c(Cl)c4C)c23)C(=O)O)n1. The number of ether oxygens (including phenoxy) is 4. The third-order valence-electron chi connectivity index (χ3n) is 10.9. The van der Waals surface area contributed by atoms with Gasteiger partial charge in [-0.25, -0.2) is 29.1 Å². The molecular formula is C47H44ClFN6O7S. The molecule has 0 spiro atoms. The van der Waals surface area contributed by atoms with Crippen LogP contribution in [-0.4, -0.2) is 106 Å². The average molecular weight is 891 g/mol. The number of thiophene rings is 1. The van der Waals surface area contributed by atoms with Crippen LogP contribution in [0, 0.1) is 12.7 Å². The number of aliphatic carboxylic acids is 1. The Morgan fingerprint density at radius 1 is 0.921 bits per heavy atom. The molecule has 2 N–H and O–H groups in total. The fourth-order valence-corrected chi connectivity index (χ4v) is 8.83. The lowest BCUT2D eigenvalue weighted by Gasteiger charge is -2.32. The molecule has 16 heteroatoms. The third kappa shape index (κ3) is 9.66. The number of benzene rings is 4. The smallest absolute Gasteiger partial charge is 0.345 e. The van der Waals surface area contributed by atoms with Crippen LogP contribution in [0.5, 0.6) is 28.9 Å². The highest BCUT2D eigenvalue weighted by atomic mass is 35.5. The van der Waals surface area contributed by atoms with Gasteiger partial charge in [0.1, 0.15) is 41.7 Å². The Bertz CT molecular complexity index is 2750. The number of methoxy groups -OCH3 is 1. The van der Waals surface area contributed by atoms with Gasteiger partial charge in [-0.3, -0.25) is 4.90 Å². The van der Waals surface area contributed by atoms with Gasteiger partial charge in [0.15, 0.2) is 17.3 Å². The number of likely N-dealkylation sites (N-methyl/N-ethyl adjacent to an activating group) is 1. The number of halogens is 2. The molecule has 0 aliphatic carbocycles. The maximum absolute atomic E-state index is 14.2. The number of nitrogens with zero attached hydrogens (tertiary/aromatic N) is 6. The number of aromatic hydroxyl groups is 1. The Labute approximate surface area is 372 Å². The molecule has 3 aromatic heterocycles. The Hall–Kier alpha value is -6.39. The highest BCUT2D eigenvalue weighted by Gasteiger charge is 2.28. The van der Waals surface area contributed by atoms with E-state index in [4.69, 9.17) is 30.5 Å². The first-order chi connectivity index (χ1) is 30.6. The van der Waals surface area contributed by atoms with Crippen molar-refractivity contribution in [1.82, 2.24) is 29.7 Å². The standard InChI is InChI=1S/C47H44ClFN6O7S/c1-28-33(15-16-37(41(28)48)60-24-23-55-21-19-54(2)20-22-55)39-40-45(51-27-52-46(40)63-43(39)29-11-13-31(49)14-12-29)62-38(47(57)58)25-30-7-4-5-10-36(30)61-26-32-17-18-50-44(53-32)34-8-6-9-35(56)42(34)59-3/h4-18,27,38,56H,19-26H2,1-3H3,(H,57,58)/t38-/m1/s1. The van der Waals surface area contributed by atoms with Gasteiger partial charge < -0.3 is 34.1 Å². The van der Waals surface area contributed by atoms with E-state index in [9.17, 15) is 19.4 Å². The molecule has 1 aliphatic heterocycles. The van der Waals surface area contributed by atoms with Gasteiger partial charge in [-0.05, 0) is 78.7 Å². The largest absolute Gasteiger partial charge is 0.504 e. The highest BCUT2D eigenvalue weighted by Crippen LogP contribution is 2.49. The molecule has 4 aromatic carbocycles. The first kappa shape index (κ1) is 43.3. The summed E-state index contributed by atoms with van der Waals surface area (Å²) in [4.78, 5) is 37.0. The normalized spacial score (nSPS) is 13.8. The Morgan fingerprint density at radius 2 is 1.71 bits per heavy atom. The second-order valence-corrected chi connectivity index (χ2v) is 16.4. The van der Waals surface area contributed by atoms with Crippen molar-refractivity contribution in [2.75, 3.05) is 53.5 Å². The molecule has 4 heterocycles. The lowest BCUT2D eigenvalue weighted by atomic mass is 9.96. The monoisotopic (exact) mass is 890 g/mol. The van der Waals surface area contributed by atoms with Crippen LogP contribution in [0.1, 0.15) is 16.8 Å². The molecular weight excluding hydrogens is 847 g/mol. The molecule has 7 aromatic rings. The van der Waals surface area contributed by atoms with E-state index in [0.29, 0.717) is 61.6 Å². The van der Waals surface area contributed by atoms with E-state index in [-0.39, 0.29) is 36.2 Å². The number of carbonyl (C=O) groups is 1. The van der Waals surface area contributed by atoms with E-state index in [2.05, 4.69) is 36.8 Å². The number of para-hydroxylation sites is 2. The molecule has 1 saturated heterocycles. The Morgan fingerprint density at radius 3 is 2.49 bits per heavy atom. The maximum atomic E-state index is 14.2. The number of phenolic OH excluding ortho intramolecular Hbond substituents is 1. The summed E-state index contributed by atoms with van der Waals surface area (Å²) >= 11 is 8.41. The summed E-state index contributed by atoms with van der Waals surface area (Å²) in [7, 11) is 3.58. The number of fused-ring (bicyclic) bond motifs is 1. The van der Waals surface area contributed by atoms with Crippen LogP contribution >= 0.6 is 22.9 Å². The molecule has 0 radical (unpaired) electrons. The number of phenols is 1. The number of carboxylic acids is 1. The number of carboxylic acid groups (broad SMARTS) is 1. The van der Waals surface area contributed by atoms with Crippen LogP contribution in [0.25, 0.3) is 43.2 Å². The maximum Gasteiger partial charge on any atom is 0.345 e. The zero-order valence-electron chi connectivity index (χ0n) is 34.8. The molecule has 63 heavy (non-hydrogen) atoms. The van der Waals surface area contributed by atoms with Gasteiger partial charge in [0.2, 0.25) is 12.0 Å². The number of hydrogen-bond acceptors (Lipinski definition) is 13. The van der Waals surface area contributed by atoms with Crippen LogP contribution in [0.2, 0.25) is 5.02 Å². The van der Waals surface area contributed by atoms with Crippen molar-refractivity contribution in [3.8, 4) is 61.8 Å². The molecule has 8 rings (SSSR count). The third-order valence-corrected chi connectivity index (χ3v) is 12.5. The first-order valence-corrected chi connectivity index (χ1v) is 21.4. The first-order valence-electron chi connectivity index (χ1n) is 20.2. The fraction of sp³-hybridized carbons (Fsp3) is 0.255. The van der Waals surface area contributed by atoms with E-state index in [1.807, 2.05) is 19.1 Å². The molecule has 0 unspecified atom stereocenters. The lowest BCUT2D eigenvalue weighted by molar-refractivity contribution is -0.145. The zero-order valence-corrected chi connectivity index (χ0v) is 36.3. The van der Waals surface area contributed by atoms with Crippen molar-refractivity contribution in [2.24, 2.45) is 0 Å². The molecule has 324 valence electrons. The van der Waals surface area contributed by atoms with Gasteiger partial charge >= 0.3 is 5.97 Å². The Balaban J connectivity index is 1.08. The van der Waals surface area contributed by atoms with Gasteiger partial charge in [-0.15, -0.1) is 11.3 Å². The van der Waals surface area contributed by atoms with Crippen LogP contribution in [0.4, 0.5) is 4.39 Å². The Kier molecular flexibility index (Phi) is 13.3. The zero-order chi connectivity index (χ0) is 44.0. The summed E-state index contributed by atoms with van der Waals surface area (Å²) in [5, 5.41) is 21.8. The van der Waals surface area contributed by atoms with Crippen molar-refractivity contribution in [3.63, 3.8) is 0 Å². The molecule has 0 saturated carbocycles. The van der Waals surface area contributed by atoms with Crippen LogP contribution in [-0.2, 0) is 17.8 Å². The quantitative estimate of drug-likeness (QED) is 0.0954. The number of piperazine rings is 1. The summed E-state index contributed by atoms with van der Waals surface area (Å²) in [5.74, 6) is -0.0196. The van der Waals surface area contributed by atoms with Gasteiger partial charge in [0, 0.05) is 55.8 Å². The van der Waals surface area contributed by atoms with Crippen LogP contribution < -0.4 is 18.9 Å². The summed E-state index contributed by atoms with van der Waals surface area (Å²) in [6.07, 6.45) is 1.44. The van der Waals surface area contributed by atoms with Crippen molar-refractivity contribution in [2.45, 2.75) is 26.1 Å². The van der Waals surface area contributed by atoms with Crippen molar-refractivity contribution in [3.05, 3.63) is 125 Å². The summed E-state index contributed by atoms with van der Waals surface area (Å²) in [6.45, 7) is 7.15. The lowest BCUT2D eigenvalue weighted by Crippen LogP contribution is -2.45. The number of aromatic nitrogens is 4. The van der Waals surface area contributed by atoms with E-state index >= 15 is 0 Å². The fourth-order valence-electron chi connectivity index (χ4n) is 7.46. The summed E-state index contributed by atoms with van der Waals surface area (Å²) < 4.78 is 38.4. The molecule has 0 bridgehead atoms. The van der Waals surface area contributed by atoms with E-state index < -0.39 is 12.1 Å². The van der Waals surface area contributed by atoms with E-state index in [1.54, 1.807) is 60.8 Å². The van der Waals surface area contributed by atoms with Crippen molar-refractivity contribution < 1.29 is 38.3 Å². The van der Waals surface area contributed by atoms with Gasteiger partial charge in [0.25, 0.3) is 0 Å². The predicted molar refractivity (Wildman–Crippen MR) is 240 cm³/mol. The number of rotatable bonds is 16. The molecule has 1 atom stereocenters. The predicted octanol–water partition coefficient (Wildman–Crippen LogP) is 8.58. The van der Waals surface area contributed by atoms with Gasteiger partial charge in [-0.1, -0.05) is 54.1 Å². The molecule has 0 amide bonds. The molecule has 13 nitrogen and oxygen atoms in total. The minimum absolute atomic E-state index is 0.0330. The van der Waals surface area contributed by atoms with Crippen molar-refractivity contribution in [1.29, 1.82) is 0 Å². The van der Waals surface area contributed by atoms with E-state index in [0.717, 1.165) is 54.3 Å². The summed E-state index contributed by atoms with van der Waals surface area (Å²) in [6, 6.07) is 23.6.